The molecule has 4 heteroatoms. The number of imidazole rings is 1. The molecular weight excluding hydrogens is 186 g/mol. The molecule has 0 radical (unpaired) electrons. The minimum absolute atomic E-state index is 0.556. The van der Waals surface area contributed by atoms with Gasteiger partial charge in [-0.05, 0) is 6.42 Å². The summed E-state index contributed by atoms with van der Waals surface area (Å²) in [6.07, 6.45) is 4.66. The summed E-state index contributed by atoms with van der Waals surface area (Å²) in [7, 11) is 0. The van der Waals surface area contributed by atoms with E-state index >= 15 is 0 Å². The molecule has 0 atom stereocenters. The summed E-state index contributed by atoms with van der Waals surface area (Å²) in [6.45, 7) is 2.06. The molecular formula is C9H10ClN3. The Morgan fingerprint density at radius 3 is 3.00 bits per heavy atom. The number of halogens is 1. The lowest BCUT2D eigenvalue weighted by Gasteiger charge is -1.97. The van der Waals surface area contributed by atoms with E-state index < -0.39 is 0 Å². The number of nitrogens with two attached hydrogens (primary N) is 1. The molecule has 2 N–H and O–H groups in total. The van der Waals surface area contributed by atoms with Crippen molar-refractivity contribution in [1.29, 1.82) is 0 Å². The Labute approximate surface area is 81.1 Å². The Balaban J connectivity index is 2.70. The van der Waals surface area contributed by atoms with Gasteiger partial charge < -0.3 is 10.1 Å². The standard InChI is InChI=1S/C9H10ClN3/c1-2-6-4-13-5-8(11)7(10)3-9(13)12-6/h3-5H,2,11H2,1H3. The highest BCUT2D eigenvalue weighted by atomic mass is 35.5. The fourth-order valence-corrected chi connectivity index (χ4v) is 1.40. The summed E-state index contributed by atoms with van der Waals surface area (Å²) in [5.41, 5.74) is 8.12. The zero-order valence-corrected chi connectivity index (χ0v) is 8.04. The van der Waals surface area contributed by atoms with E-state index in [1.165, 1.54) is 0 Å². The second-order valence-corrected chi connectivity index (χ2v) is 3.34. The molecule has 0 amide bonds. The van der Waals surface area contributed by atoms with Crippen molar-refractivity contribution in [2.45, 2.75) is 13.3 Å². The predicted octanol–water partition coefficient (Wildman–Crippen LogP) is 2.13. The van der Waals surface area contributed by atoms with Gasteiger partial charge in [0.2, 0.25) is 0 Å². The van der Waals surface area contributed by atoms with Gasteiger partial charge in [-0.3, -0.25) is 0 Å². The van der Waals surface area contributed by atoms with Crippen LogP contribution in [0.5, 0.6) is 0 Å². The van der Waals surface area contributed by atoms with E-state index in [-0.39, 0.29) is 0 Å². The molecule has 0 spiro atoms. The molecule has 0 aliphatic heterocycles. The third-order valence-electron chi connectivity index (χ3n) is 1.98. The van der Waals surface area contributed by atoms with Gasteiger partial charge in [0.15, 0.2) is 0 Å². The molecule has 0 bridgehead atoms. The van der Waals surface area contributed by atoms with Gasteiger partial charge in [0.25, 0.3) is 0 Å². The lowest BCUT2D eigenvalue weighted by Crippen LogP contribution is -1.90. The van der Waals surface area contributed by atoms with E-state index in [1.54, 1.807) is 12.3 Å². The van der Waals surface area contributed by atoms with E-state index in [4.69, 9.17) is 17.3 Å². The molecule has 68 valence electrons. The maximum Gasteiger partial charge on any atom is 0.138 e. The fraction of sp³-hybridized carbons (Fsp3) is 0.222. The number of anilines is 1. The van der Waals surface area contributed by atoms with Crippen molar-refractivity contribution < 1.29 is 0 Å². The van der Waals surface area contributed by atoms with Crippen molar-refractivity contribution in [3.63, 3.8) is 0 Å². The SMILES string of the molecule is CCc1cn2cc(N)c(Cl)cc2n1. The van der Waals surface area contributed by atoms with Crippen molar-refractivity contribution in [2.24, 2.45) is 0 Å². The summed E-state index contributed by atoms with van der Waals surface area (Å²) in [4.78, 5) is 4.36. The number of aromatic nitrogens is 2. The Kier molecular flexibility index (Phi) is 1.88. The van der Waals surface area contributed by atoms with Crippen LogP contribution in [0.25, 0.3) is 5.65 Å². The Morgan fingerprint density at radius 2 is 2.31 bits per heavy atom. The van der Waals surface area contributed by atoms with Gasteiger partial charge in [-0.15, -0.1) is 0 Å². The molecule has 0 saturated carbocycles. The number of pyridine rings is 1. The Hall–Kier alpha value is -1.22. The summed E-state index contributed by atoms with van der Waals surface area (Å²) in [5, 5.41) is 0.556. The highest BCUT2D eigenvalue weighted by Gasteiger charge is 2.02. The molecule has 2 rings (SSSR count). The smallest absolute Gasteiger partial charge is 0.138 e. The van der Waals surface area contributed by atoms with Crippen LogP contribution < -0.4 is 5.73 Å². The first-order valence-electron chi connectivity index (χ1n) is 4.13. The van der Waals surface area contributed by atoms with Crippen molar-refractivity contribution in [3.05, 3.63) is 29.2 Å². The van der Waals surface area contributed by atoms with E-state index in [0.29, 0.717) is 10.7 Å². The zero-order chi connectivity index (χ0) is 9.42. The second-order valence-electron chi connectivity index (χ2n) is 2.93. The number of fused-ring (bicyclic) bond motifs is 1. The highest BCUT2D eigenvalue weighted by Crippen LogP contribution is 2.20. The van der Waals surface area contributed by atoms with Gasteiger partial charge in [0.1, 0.15) is 5.65 Å². The molecule has 0 aliphatic carbocycles. The Morgan fingerprint density at radius 1 is 1.54 bits per heavy atom. The van der Waals surface area contributed by atoms with E-state index in [2.05, 4.69) is 11.9 Å². The van der Waals surface area contributed by atoms with Crippen LogP contribution in [0.3, 0.4) is 0 Å². The van der Waals surface area contributed by atoms with Crippen molar-refractivity contribution >= 4 is 22.9 Å². The first kappa shape index (κ1) is 8.38. The second kappa shape index (κ2) is 2.92. The van der Waals surface area contributed by atoms with Gasteiger partial charge >= 0.3 is 0 Å². The van der Waals surface area contributed by atoms with Crippen molar-refractivity contribution in [2.75, 3.05) is 5.73 Å². The lowest BCUT2D eigenvalue weighted by molar-refractivity contribution is 1.07. The highest BCUT2D eigenvalue weighted by molar-refractivity contribution is 6.33. The summed E-state index contributed by atoms with van der Waals surface area (Å²) >= 11 is 5.86. The quantitative estimate of drug-likeness (QED) is 0.758. The molecule has 3 nitrogen and oxygen atoms in total. The minimum Gasteiger partial charge on any atom is -0.396 e. The van der Waals surface area contributed by atoms with Crippen LogP contribution in [0, 0.1) is 0 Å². The first-order valence-corrected chi connectivity index (χ1v) is 4.51. The molecule has 0 saturated heterocycles. The van der Waals surface area contributed by atoms with Crippen LogP contribution in [-0.2, 0) is 6.42 Å². The molecule has 13 heavy (non-hydrogen) atoms. The maximum absolute atomic E-state index is 5.86. The van der Waals surface area contributed by atoms with Crippen LogP contribution in [0.15, 0.2) is 18.5 Å². The average Bonchev–Trinajstić information content (AvgIpc) is 2.48. The van der Waals surface area contributed by atoms with E-state index in [1.807, 2.05) is 10.6 Å². The zero-order valence-electron chi connectivity index (χ0n) is 7.29. The molecule has 0 fully saturated rings. The summed E-state index contributed by atoms with van der Waals surface area (Å²) < 4.78 is 1.89. The van der Waals surface area contributed by atoms with Crippen LogP contribution in [0.4, 0.5) is 5.69 Å². The first-order chi connectivity index (χ1) is 6.20. The van der Waals surface area contributed by atoms with Gasteiger partial charge in [-0.25, -0.2) is 4.98 Å². The minimum atomic E-state index is 0.556. The van der Waals surface area contributed by atoms with E-state index in [9.17, 15) is 0 Å². The number of rotatable bonds is 1. The number of nitrogens with zero attached hydrogens (tertiary/aromatic N) is 2. The van der Waals surface area contributed by atoms with Crippen LogP contribution in [0.2, 0.25) is 5.02 Å². The summed E-state index contributed by atoms with van der Waals surface area (Å²) in [6, 6.07) is 1.77. The van der Waals surface area contributed by atoms with Gasteiger partial charge in [-0.2, -0.15) is 0 Å². The Bertz CT molecular complexity index is 408. The third kappa shape index (κ3) is 1.35. The largest absolute Gasteiger partial charge is 0.396 e. The molecule has 0 aromatic carbocycles. The molecule has 2 aromatic heterocycles. The van der Waals surface area contributed by atoms with E-state index in [0.717, 1.165) is 17.8 Å². The molecule has 0 aliphatic rings. The van der Waals surface area contributed by atoms with Gasteiger partial charge in [0.05, 0.1) is 16.4 Å². The molecule has 2 heterocycles. The predicted molar refractivity (Wildman–Crippen MR) is 54.0 cm³/mol. The fourth-order valence-electron chi connectivity index (χ4n) is 1.25. The van der Waals surface area contributed by atoms with Crippen molar-refractivity contribution in [3.8, 4) is 0 Å². The lowest BCUT2D eigenvalue weighted by atomic mass is 10.4. The number of hydrogen-bond acceptors (Lipinski definition) is 2. The average molecular weight is 196 g/mol. The van der Waals surface area contributed by atoms with Crippen LogP contribution >= 0.6 is 11.6 Å². The normalized spacial score (nSPS) is 10.9. The van der Waals surface area contributed by atoms with Crippen LogP contribution in [-0.4, -0.2) is 9.38 Å². The van der Waals surface area contributed by atoms with Crippen LogP contribution in [0.1, 0.15) is 12.6 Å². The summed E-state index contributed by atoms with van der Waals surface area (Å²) in [5.74, 6) is 0. The third-order valence-corrected chi connectivity index (χ3v) is 2.31. The van der Waals surface area contributed by atoms with Gasteiger partial charge in [-0.1, -0.05) is 18.5 Å². The monoisotopic (exact) mass is 195 g/mol. The number of hydrogen-bond donors (Lipinski definition) is 1. The molecule has 0 unspecified atom stereocenters. The molecule has 2 aromatic rings. The topological polar surface area (TPSA) is 43.3 Å². The number of nitrogen functional groups attached to an aromatic ring is 1. The maximum atomic E-state index is 5.86. The van der Waals surface area contributed by atoms with Gasteiger partial charge in [0, 0.05) is 18.5 Å². The number of aryl methyl sites for hydroxylation is 1. The van der Waals surface area contributed by atoms with Crippen molar-refractivity contribution in [1.82, 2.24) is 9.38 Å².